The Morgan fingerprint density at radius 3 is 2.49 bits per heavy atom. The Hall–Kier alpha value is -4.08. The van der Waals surface area contributed by atoms with Crippen LogP contribution in [-0.4, -0.2) is 44.6 Å². The molecule has 0 N–H and O–H groups in total. The zero-order valence-corrected chi connectivity index (χ0v) is 25.6. The maximum absolute atomic E-state index is 14.0. The molecule has 0 aliphatic carbocycles. The monoisotopic (exact) mass is 641 g/mol. The Labute approximate surface area is 248 Å². The Bertz CT molecular complexity index is 1740. The summed E-state index contributed by atoms with van der Waals surface area (Å²) in [5, 5.41) is 8.83. The molecular formula is C29H28BrN3O7S. The number of hydrogen-bond acceptors (Lipinski definition) is 10. The molecule has 41 heavy (non-hydrogen) atoms. The van der Waals surface area contributed by atoms with Crippen LogP contribution in [0.5, 0.6) is 23.0 Å². The Morgan fingerprint density at radius 2 is 1.83 bits per heavy atom. The minimum Gasteiger partial charge on any atom is -0.493 e. The fraction of sp³-hybridized carbons (Fsp3) is 0.310. The van der Waals surface area contributed by atoms with Gasteiger partial charge in [0.25, 0.3) is 5.56 Å². The molecule has 1 aromatic heterocycles. The summed E-state index contributed by atoms with van der Waals surface area (Å²) >= 11 is 4.82. The van der Waals surface area contributed by atoms with Crippen molar-refractivity contribution in [2.24, 2.45) is 4.99 Å². The smallest absolute Gasteiger partial charge is 0.338 e. The van der Waals surface area contributed by atoms with E-state index in [0.717, 1.165) is 0 Å². The van der Waals surface area contributed by atoms with Gasteiger partial charge in [-0.3, -0.25) is 9.36 Å². The zero-order chi connectivity index (χ0) is 29.7. The molecule has 214 valence electrons. The molecule has 3 aromatic rings. The number of ether oxygens (including phenoxy) is 5. The molecule has 0 fully saturated rings. The second-order valence-electron chi connectivity index (χ2n) is 8.62. The second kappa shape index (κ2) is 13.1. The van der Waals surface area contributed by atoms with Crippen LogP contribution in [0.15, 0.2) is 55.9 Å². The van der Waals surface area contributed by atoms with Crippen molar-refractivity contribution < 1.29 is 28.5 Å². The van der Waals surface area contributed by atoms with E-state index in [1.165, 1.54) is 30.1 Å². The first-order valence-corrected chi connectivity index (χ1v) is 14.3. The number of fused-ring (bicyclic) bond motifs is 1. The molecule has 2 aromatic carbocycles. The van der Waals surface area contributed by atoms with Gasteiger partial charge in [-0.05, 0) is 62.2 Å². The maximum atomic E-state index is 14.0. The summed E-state index contributed by atoms with van der Waals surface area (Å²) < 4.78 is 30.0. The number of aromatic nitrogens is 1. The van der Waals surface area contributed by atoms with E-state index in [2.05, 4.69) is 20.9 Å². The summed E-state index contributed by atoms with van der Waals surface area (Å²) in [7, 11) is 3.02. The van der Waals surface area contributed by atoms with Crippen LogP contribution < -0.4 is 33.8 Å². The SMILES string of the molecule is CCOC(=O)C1=C(C)N=c2s/c(=C/c3ccc(OCC#N)c(OC)c3)c(=O)n2[C@H]1c1cc(OC)c(OCC)cc1Br. The Morgan fingerprint density at radius 1 is 1.10 bits per heavy atom. The van der Waals surface area contributed by atoms with Crippen molar-refractivity contribution in [2.45, 2.75) is 26.8 Å². The Balaban J connectivity index is 1.94. The van der Waals surface area contributed by atoms with Crippen molar-refractivity contribution in [3.63, 3.8) is 0 Å². The van der Waals surface area contributed by atoms with Crippen molar-refractivity contribution in [1.29, 1.82) is 5.26 Å². The molecule has 0 unspecified atom stereocenters. The summed E-state index contributed by atoms with van der Waals surface area (Å²) in [6, 6.07) is 9.73. The molecule has 10 nitrogen and oxygen atoms in total. The van der Waals surface area contributed by atoms with Crippen molar-refractivity contribution in [2.75, 3.05) is 34.0 Å². The fourth-order valence-corrected chi connectivity index (χ4v) is 6.01. The maximum Gasteiger partial charge on any atom is 0.338 e. The number of carbonyl (C=O) groups excluding carboxylic acids is 1. The van der Waals surface area contributed by atoms with E-state index in [-0.39, 0.29) is 24.3 Å². The van der Waals surface area contributed by atoms with Crippen LogP contribution in [0.25, 0.3) is 6.08 Å². The van der Waals surface area contributed by atoms with Gasteiger partial charge in [0.15, 0.2) is 34.4 Å². The van der Waals surface area contributed by atoms with E-state index >= 15 is 0 Å². The van der Waals surface area contributed by atoms with Gasteiger partial charge in [-0.25, -0.2) is 9.79 Å². The van der Waals surface area contributed by atoms with Gasteiger partial charge in [0.2, 0.25) is 0 Å². The highest BCUT2D eigenvalue weighted by Crippen LogP contribution is 2.41. The number of halogens is 1. The zero-order valence-electron chi connectivity index (χ0n) is 23.1. The van der Waals surface area contributed by atoms with E-state index in [1.807, 2.05) is 13.0 Å². The minimum atomic E-state index is -0.845. The predicted molar refractivity (Wildman–Crippen MR) is 156 cm³/mol. The lowest BCUT2D eigenvalue weighted by molar-refractivity contribution is -0.139. The second-order valence-corrected chi connectivity index (χ2v) is 10.5. The molecule has 0 saturated heterocycles. The number of thiazole rings is 1. The average Bonchev–Trinajstić information content (AvgIpc) is 3.25. The molecule has 0 saturated carbocycles. The molecule has 0 spiro atoms. The molecule has 12 heteroatoms. The van der Waals surface area contributed by atoms with Crippen LogP contribution in [0.1, 0.15) is 37.9 Å². The number of nitriles is 1. The summed E-state index contributed by atoms with van der Waals surface area (Å²) in [4.78, 5) is 32.3. The highest BCUT2D eigenvalue weighted by molar-refractivity contribution is 9.10. The minimum absolute atomic E-state index is 0.123. The topological polar surface area (TPSA) is 121 Å². The molecule has 0 radical (unpaired) electrons. The van der Waals surface area contributed by atoms with E-state index in [0.29, 0.717) is 60.2 Å². The number of hydrogen-bond donors (Lipinski definition) is 0. The molecule has 0 bridgehead atoms. The molecule has 1 aliphatic rings. The summed E-state index contributed by atoms with van der Waals surface area (Å²) in [6.45, 7) is 5.78. The standard InChI is InChI=1S/C29H28BrN3O7S/c1-6-38-23-15-19(30)18(14-22(23)37-5)26-25(28(35)39-7-2)16(3)32-29-33(26)27(34)24(41-29)13-17-8-9-20(40-11-10-31)21(12-17)36-4/h8-9,12-15,26H,6-7,11H2,1-5H3/b24-13+/t26-/m0/s1. The number of methoxy groups -OCH3 is 2. The third kappa shape index (κ3) is 6.01. The van der Waals surface area contributed by atoms with E-state index < -0.39 is 12.0 Å². The number of esters is 1. The molecule has 1 atom stereocenters. The average molecular weight is 643 g/mol. The fourth-order valence-electron chi connectivity index (χ4n) is 4.43. The van der Waals surface area contributed by atoms with Gasteiger partial charge < -0.3 is 23.7 Å². The number of benzene rings is 2. The van der Waals surface area contributed by atoms with Gasteiger partial charge in [0.1, 0.15) is 6.07 Å². The number of rotatable bonds is 10. The van der Waals surface area contributed by atoms with Gasteiger partial charge in [0.05, 0.1) is 49.3 Å². The largest absolute Gasteiger partial charge is 0.493 e. The van der Waals surface area contributed by atoms with E-state index in [4.69, 9.17) is 28.9 Å². The van der Waals surface area contributed by atoms with Gasteiger partial charge in [-0.1, -0.05) is 33.3 Å². The summed E-state index contributed by atoms with van der Waals surface area (Å²) in [5.74, 6) is 1.25. The van der Waals surface area contributed by atoms with Crippen molar-refractivity contribution in [3.8, 4) is 29.1 Å². The predicted octanol–water partition coefficient (Wildman–Crippen LogP) is 3.88. The van der Waals surface area contributed by atoms with Gasteiger partial charge in [-0.15, -0.1) is 0 Å². The van der Waals surface area contributed by atoms with E-state index in [1.54, 1.807) is 50.3 Å². The van der Waals surface area contributed by atoms with Crippen LogP contribution >= 0.6 is 27.3 Å². The van der Waals surface area contributed by atoms with Crippen LogP contribution in [0.2, 0.25) is 0 Å². The van der Waals surface area contributed by atoms with Crippen LogP contribution in [0.3, 0.4) is 0 Å². The first-order valence-electron chi connectivity index (χ1n) is 12.7. The van der Waals surface area contributed by atoms with Crippen molar-refractivity contribution in [1.82, 2.24) is 4.57 Å². The Kier molecular flexibility index (Phi) is 9.52. The molecule has 2 heterocycles. The molecule has 4 rings (SSSR count). The first kappa shape index (κ1) is 29.9. The van der Waals surface area contributed by atoms with Gasteiger partial charge >= 0.3 is 5.97 Å². The molecule has 1 aliphatic heterocycles. The number of nitrogens with zero attached hydrogens (tertiary/aromatic N) is 3. The molecule has 0 amide bonds. The summed E-state index contributed by atoms with van der Waals surface area (Å²) in [6.07, 6.45) is 1.72. The third-order valence-corrected chi connectivity index (χ3v) is 7.84. The van der Waals surface area contributed by atoms with Crippen LogP contribution in [-0.2, 0) is 9.53 Å². The lowest BCUT2D eigenvalue weighted by Crippen LogP contribution is -2.40. The van der Waals surface area contributed by atoms with Crippen molar-refractivity contribution in [3.05, 3.63) is 76.9 Å². The van der Waals surface area contributed by atoms with Crippen LogP contribution in [0, 0.1) is 11.3 Å². The summed E-state index contributed by atoms with van der Waals surface area (Å²) in [5.41, 5.74) is 1.64. The highest BCUT2D eigenvalue weighted by Gasteiger charge is 2.35. The van der Waals surface area contributed by atoms with Gasteiger partial charge in [-0.2, -0.15) is 5.26 Å². The normalized spacial score (nSPS) is 14.6. The van der Waals surface area contributed by atoms with Crippen LogP contribution in [0.4, 0.5) is 0 Å². The van der Waals surface area contributed by atoms with Gasteiger partial charge in [0, 0.05) is 4.47 Å². The quantitative estimate of drug-likeness (QED) is 0.306. The molecular weight excluding hydrogens is 614 g/mol. The first-order chi connectivity index (χ1) is 19.8. The lowest BCUT2D eigenvalue weighted by atomic mass is 9.95. The number of allylic oxidation sites excluding steroid dienone is 1. The van der Waals surface area contributed by atoms with E-state index in [9.17, 15) is 9.59 Å². The number of carbonyl (C=O) groups is 1. The third-order valence-electron chi connectivity index (χ3n) is 6.17. The lowest BCUT2D eigenvalue weighted by Gasteiger charge is -2.26. The van der Waals surface area contributed by atoms with Crippen molar-refractivity contribution >= 4 is 39.3 Å². The highest BCUT2D eigenvalue weighted by atomic mass is 79.9.